The molecule has 1 atom stereocenters. The molecule has 7 nitrogen and oxygen atoms in total. The second kappa shape index (κ2) is 5.66. The number of nitrogens with zero attached hydrogens (tertiary/aromatic N) is 3. The van der Waals surface area contributed by atoms with E-state index in [0.717, 1.165) is 12.8 Å². The highest BCUT2D eigenvalue weighted by atomic mass is 32.1. The summed E-state index contributed by atoms with van der Waals surface area (Å²) in [7, 11) is 0. The van der Waals surface area contributed by atoms with Crippen LogP contribution >= 0.6 is 12.2 Å². The van der Waals surface area contributed by atoms with Gasteiger partial charge in [-0.3, -0.25) is 5.10 Å². The molecule has 1 aromatic heterocycles. The first-order chi connectivity index (χ1) is 10.1. The predicted octanol–water partition coefficient (Wildman–Crippen LogP) is 2.09. The lowest BCUT2D eigenvalue weighted by atomic mass is 10.2. The Morgan fingerprint density at radius 2 is 2.29 bits per heavy atom. The van der Waals surface area contributed by atoms with Gasteiger partial charge >= 0.3 is 0 Å². The minimum atomic E-state index is -0.200. The molecule has 3 N–H and O–H groups in total. The Morgan fingerprint density at radius 3 is 3.00 bits per heavy atom. The fourth-order valence-corrected chi connectivity index (χ4v) is 2.34. The Labute approximate surface area is 125 Å². The van der Waals surface area contributed by atoms with Crippen LogP contribution in [0, 0.1) is 4.77 Å². The summed E-state index contributed by atoms with van der Waals surface area (Å²) in [4.78, 5) is 0. The first kappa shape index (κ1) is 13.8. The van der Waals surface area contributed by atoms with Crippen molar-refractivity contribution in [3.8, 4) is 11.5 Å². The van der Waals surface area contributed by atoms with E-state index >= 15 is 0 Å². The SMILES string of the molecule is Oc1ccc(/C=N\n2c(C3CCCO3)n[nH]c2=S)cc1O. The summed E-state index contributed by atoms with van der Waals surface area (Å²) in [5, 5.41) is 29.9. The average Bonchev–Trinajstić information content (AvgIpc) is 3.10. The predicted molar refractivity (Wildman–Crippen MR) is 78.1 cm³/mol. The summed E-state index contributed by atoms with van der Waals surface area (Å²) in [6.07, 6.45) is 3.29. The van der Waals surface area contributed by atoms with E-state index in [2.05, 4.69) is 15.3 Å². The molecule has 2 aromatic rings. The zero-order valence-corrected chi connectivity index (χ0v) is 11.9. The fourth-order valence-electron chi connectivity index (χ4n) is 2.15. The highest BCUT2D eigenvalue weighted by molar-refractivity contribution is 7.71. The van der Waals surface area contributed by atoms with Gasteiger partial charge in [0, 0.05) is 6.61 Å². The van der Waals surface area contributed by atoms with Crippen LogP contribution in [-0.2, 0) is 4.74 Å². The van der Waals surface area contributed by atoms with E-state index in [1.807, 2.05) is 0 Å². The maximum absolute atomic E-state index is 9.46. The number of phenolic OH excluding ortho intramolecular Hbond substituents is 2. The summed E-state index contributed by atoms with van der Waals surface area (Å²) >= 11 is 5.16. The Kier molecular flexibility index (Phi) is 3.72. The maximum atomic E-state index is 9.46. The van der Waals surface area contributed by atoms with Crippen molar-refractivity contribution in [2.75, 3.05) is 6.61 Å². The Balaban J connectivity index is 1.90. The number of phenols is 2. The molecule has 1 saturated heterocycles. The van der Waals surface area contributed by atoms with Gasteiger partial charge in [-0.05, 0) is 48.8 Å². The summed E-state index contributed by atoms with van der Waals surface area (Å²) in [6, 6.07) is 4.44. The van der Waals surface area contributed by atoms with Crippen LogP contribution in [0.25, 0.3) is 0 Å². The minimum absolute atomic E-state index is 0.108. The molecule has 1 fully saturated rings. The van der Waals surface area contributed by atoms with Crippen molar-refractivity contribution in [2.24, 2.45) is 5.10 Å². The van der Waals surface area contributed by atoms with Crippen molar-refractivity contribution in [1.29, 1.82) is 0 Å². The molecule has 21 heavy (non-hydrogen) atoms. The van der Waals surface area contributed by atoms with Gasteiger partial charge in [0.1, 0.15) is 6.10 Å². The van der Waals surface area contributed by atoms with Gasteiger partial charge in [-0.25, -0.2) is 0 Å². The van der Waals surface area contributed by atoms with Crippen LogP contribution in [0.3, 0.4) is 0 Å². The van der Waals surface area contributed by atoms with Crippen molar-refractivity contribution in [3.05, 3.63) is 34.4 Å². The van der Waals surface area contributed by atoms with Crippen molar-refractivity contribution >= 4 is 18.4 Å². The summed E-state index contributed by atoms with van der Waals surface area (Å²) in [6.45, 7) is 0.708. The molecule has 8 heteroatoms. The Bertz CT molecular complexity index is 731. The molecule has 0 radical (unpaired) electrons. The van der Waals surface area contributed by atoms with Gasteiger partial charge in [-0.15, -0.1) is 0 Å². The molecule has 0 amide bonds. The van der Waals surface area contributed by atoms with Crippen molar-refractivity contribution in [1.82, 2.24) is 14.9 Å². The molecule has 0 spiro atoms. The van der Waals surface area contributed by atoms with E-state index in [0.29, 0.717) is 22.8 Å². The van der Waals surface area contributed by atoms with E-state index in [-0.39, 0.29) is 17.6 Å². The fraction of sp³-hybridized carbons (Fsp3) is 0.308. The monoisotopic (exact) mass is 306 g/mol. The Hall–Kier alpha value is -2.19. The topological polar surface area (TPSA) is 95.7 Å². The number of aromatic hydroxyl groups is 2. The summed E-state index contributed by atoms with van der Waals surface area (Å²) in [5.41, 5.74) is 0.631. The first-order valence-corrected chi connectivity index (χ1v) is 6.91. The van der Waals surface area contributed by atoms with Crippen LogP contribution in [0.1, 0.15) is 30.3 Å². The number of H-pyrrole nitrogens is 1. The third-order valence-electron chi connectivity index (χ3n) is 3.21. The van der Waals surface area contributed by atoms with Crippen molar-refractivity contribution < 1.29 is 14.9 Å². The van der Waals surface area contributed by atoms with E-state index in [4.69, 9.17) is 17.0 Å². The van der Waals surface area contributed by atoms with Gasteiger partial charge in [0.05, 0.1) is 6.21 Å². The van der Waals surface area contributed by atoms with Crippen LogP contribution in [-0.4, -0.2) is 37.9 Å². The molecule has 1 unspecified atom stereocenters. The van der Waals surface area contributed by atoms with Crippen LogP contribution in [0.5, 0.6) is 11.5 Å². The third-order valence-corrected chi connectivity index (χ3v) is 3.48. The molecule has 3 rings (SSSR count). The van der Waals surface area contributed by atoms with Crippen LogP contribution < -0.4 is 0 Å². The molecular formula is C13H14N4O3S. The smallest absolute Gasteiger partial charge is 0.216 e. The van der Waals surface area contributed by atoms with Gasteiger partial charge in [0.15, 0.2) is 17.3 Å². The average molecular weight is 306 g/mol. The molecule has 1 aromatic carbocycles. The van der Waals surface area contributed by atoms with Gasteiger partial charge in [0.25, 0.3) is 0 Å². The molecule has 1 aliphatic heterocycles. The zero-order valence-electron chi connectivity index (χ0n) is 11.1. The highest BCUT2D eigenvalue weighted by Gasteiger charge is 2.23. The highest BCUT2D eigenvalue weighted by Crippen LogP contribution is 2.27. The quantitative estimate of drug-likeness (QED) is 0.458. The minimum Gasteiger partial charge on any atom is -0.504 e. The number of ether oxygens (including phenoxy) is 1. The van der Waals surface area contributed by atoms with Crippen LogP contribution in [0.15, 0.2) is 23.3 Å². The lowest BCUT2D eigenvalue weighted by Gasteiger charge is -2.07. The number of rotatable bonds is 3. The van der Waals surface area contributed by atoms with Crippen molar-refractivity contribution in [3.63, 3.8) is 0 Å². The van der Waals surface area contributed by atoms with E-state index in [1.165, 1.54) is 23.0 Å². The molecule has 110 valence electrons. The van der Waals surface area contributed by atoms with Gasteiger partial charge < -0.3 is 14.9 Å². The van der Waals surface area contributed by atoms with E-state index in [1.54, 1.807) is 6.07 Å². The summed E-state index contributed by atoms with van der Waals surface area (Å²) in [5.74, 6) is 0.262. The second-order valence-corrected chi connectivity index (χ2v) is 5.08. The number of hydrogen-bond donors (Lipinski definition) is 3. The normalized spacial score (nSPS) is 18.6. The Morgan fingerprint density at radius 1 is 1.43 bits per heavy atom. The molecule has 2 heterocycles. The first-order valence-electron chi connectivity index (χ1n) is 6.50. The number of aromatic amines is 1. The molecule has 0 bridgehead atoms. The molecule has 1 aliphatic rings. The number of hydrogen-bond acceptors (Lipinski definition) is 6. The summed E-state index contributed by atoms with van der Waals surface area (Å²) < 4.78 is 7.47. The maximum Gasteiger partial charge on any atom is 0.216 e. The van der Waals surface area contributed by atoms with Crippen molar-refractivity contribution in [2.45, 2.75) is 18.9 Å². The van der Waals surface area contributed by atoms with E-state index in [9.17, 15) is 10.2 Å². The lowest BCUT2D eigenvalue weighted by Crippen LogP contribution is -2.05. The largest absolute Gasteiger partial charge is 0.504 e. The molecule has 0 saturated carbocycles. The van der Waals surface area contributed by atoms with E-state index < -0.39 is 0 Å². The van der Waals surface area contributed by atoms with Crippen LogP contribution in [0.2, 0.25) is 0 Å². The zero-order chi connectivity index (χ0) is 14.8. The lowest BCUT2D eigenvalue weighted by molar-refractivity contribution is 0.102. The molecule has 0 aliphatic carbocycles. The molecular weight excluding hydrogens is 292 g/mol. The third kappa shape index (κ3) is 2.81. The van der Waals surface area contributed by atoms with Gasteiger partial charge in [0.2, 0.25) is 4.77 Å². The number of aromatic nitrogens is 3. The van der Waals surface area contributed by atoms with Crippen LogP contribution in [0.4, 0.5) is 0 Å². The standard InChI is InChI=1S/C13H14N4O3S/c18-9-4-3-8(6-10(9)19)7-14-17-12(15-16-13(17)21)11-2-1-5-20-11/h3-4,6-7,11,18-19H,1-2,5H2,(H,16,21)/b14-7-. The number of benzene rings is 1. The van der Waals surface area contributed by atoms with Gasteiger partial charge in [-0.1, -0.05) is 0 Å². The second-order valence-electron chi connectivity index (χ2n) is 4.69. The van der Waals surface area contributed by atoms with Gasteiger partial charge in [-0.2, -0.15) is 14.9 Å². The number of nitrogens with one attached hydrogen (secondary N) is 1.